The van der Waals surface area contributed by atoms with Gasteiger partial charge in [0.2, 0.25) is 5.91 Å². The standard InChI is InChI=1S/C17H23N3O2.ClH/c18-14(12-8-9-12)11-19-16(21)15-7-4-10-20(15)17(22)13-5-2-1-3-6-13;/h1-3,5-6,12,14-15H,4,7-11,18H2,(H,19,21);1H. The van der Waals surface area contributed by atoms with Crippen LogP contribution in [0.5, 0.6) is 0 Å². The molecule has 1 saturated carbocycles. The van der Waals surface area contributed by atoms with Crippen molar-refractivity contribution < 1.29 is 9.59 Å². The fourth-order valence-corrected chi connectivity index (χ4v) is 3.06. The van der Waals surface area contributed by atoms with E-state index in [-0.39, 0.29) is 36.3 Å². The van der Waals surface area contributed by atoms with Crippen molar-refractivity contribution in [3.05, 3.63) is 35.9 Å². The summed E-state index contributed by atoms with van der Waals surface area (Å²) in [5.41, 5.74) is 6.65. The van der Waals surface area contributed by atoms with Crippen LogP contribution in [0.1, 0.15) is 36.0 Å². The average molecular weight is 338 g/mol. The third-order valence-electron chi connectivity index (χ3n) is 4.58. The summed E-state index contributed by atoms with van der Waals surface area (Å²) in [5, 5.41) is 2.92. The summed E-state index contributed by atoms with van der Waals surface area (Å²) in [6.07, 6.45) is 3.92. The monoisotopic (exact) mass is 337 g/mol. The van der Waals surface area contributed by atoms with Crippen molar-refractivity contribution in [3.63, 3.8) is 0 Å². The van der Waals surface area contributed by atoms with E-state index in [0.29, 0.717) is 24.6 Å². The van der Waals surface area contributed by atoms with E-state index in [1.165, 1.54) is 12.8 Å². The summed E-state index contributed by atoms with van der Waals surface area (Å²) in [4.78, 5) is 26.6. The second-order valence-electron chi connectivity index (χ2n) is 6.27. The van der Waals surface area contributed by atoms with Crippen LogP contribution in [-0.2, 0) is 4.79 Å². The average Bonchev–Trinajstić information content (AvgIpc) is 3.29. The van der Waals surface area contributed by atoms with E-state index in [9.17, 15) is 9.59 Å². The largest absolute Gasteiger partial charge is 0.353 e. The van der Waals surface area contributed by atoms with Gasteiger partial charge in [0.25, 0.3) is 5.91 Å². The van der Waals surface area contributed by atoms with Crippen molar-refractivity contribution in [2.45, 2.75) is 37.8 Å². The smallest absolute Gasteiger partial charge is 0.254 e. The number of likely N-dealkylation sites (tertiary alicyclic amines) is 1. The first-order valence-corrected chi connectivity index (χ1v) is 8.06. The van der Waals surface area contributed by atoms with Crippen LogP contribution >= 0.6 is 12.4 Å². The molecule has 3 N–H and O–H groups in total. The lowest BCUT2D eigenvalue weighted by Gasteiger charge is -2.24. The molecule has 2 atom stereocenters. The Hall–Kier alpha value is -1.59. The van der Waals surface area contributed by atoms with Gasteiger partial charge in [0.15, 0.2) is 0 Å². The minimum absolute atomic E-state index is 0. The van der Waals surface area contributed by atoms with Gasteiger partial charge in [-0.1, -0.05) is 18.2 Å². The topological polar surface area (TPSA) is 75.4 Å². The molecule has 0 aromatic heterocycles. The third kappa shape index (κ3) is 4.24. The van der Waals surface area contributed by atoms with Crippen molar-refractivity contribution in [1.29, 1.82) is 0 Å². The minimum Gasteiger partial charge on any atom is -0.353 e. The van der Waals surface area contributed by atoms with E-state index in [4.69, 9.17) is 5.73 Å². The summed E-state index contributed by atoms with van der Waals surface area (Å²) < 4.78 is 0. The predicted molar refractivity (Wildman–Crippen MR) is 91.5 cm³/mol. The Bertz CT molecular complexity index is 548. The summed E-state index contributed by atoms with van der Waals surface area (Å²) >= 11 is 0. The molecule has 23 heavy (non-hydrogen) atoms. The maximum atomic E-state index is 12.5. The summed E-state index contributed by atoms with van der Waals surface area (Å²) in [5.74, 6) is 0.425. The highest BCUT2D eigenvalue weighted by Gasteiger charge is 2.35. The zero-order valence-corrected chi connectivity index (χ0v) is 13.9. The minimum atomic E-state index is -0.362. The van der Waals surface area contributed by atoms with Crippen LogP contribution in [0.15, 0.2) is 30.3 Å². The number of halogens is 1. The normalized spacial score (nSPS) is 21.4. The van der Waals surface area contributed by atoms with Crippen LogP contribution in [0.3, 0.4) is 0 Å². The molecule has 1 aromatic rings. The van der Waals surface area contributed by atoms with Gasteiger partial charge in [0, 0.05) is 24.7 Å². The summed E-state index contributed by atoms with van der Waals surface area (Å²) in [7, 11) is 0. The van der Waals surface area contributed by atoms with Crippen molar-refractivity contribution in [3.8, 4) is 0 Å². The van der Waals surface area contributed by atoms with E-state index >= 15 is 0 Å². The highest BCUT2D eigenvalue weighted by molar-refractivity contribution is 5.97. The number of rotatable bonds is 5. The van der Waals surface area contributed by atoms with Gasteiger partial charge >= 0.3 is 0 Å². The summed E-state index contributed by atoms with van der Waals surface area (Å²) in [6.45, 7) is 1.15. The Balaban J connectivity index is 0.00000192. The van der Waals surface area contributed by atoms with E-state index in [1.807, 2.05) is 18.2 Å². The van der Waals surface area contributed by atoms with Crippen LogP contribution in [0.4, 0.5) is 0 Å². The number of carbonyl (C=O) groups excluding carboxylic acids is 2. The predicted octanol–water partition coefficient (Wildman–Crippen LogP) is 1.57. The van der Waals surface area contributed by atoms with Crippen LogP contribution in [0.25, 0.3) is 0 Å². The maximum absolute atomic E-state index is 12.5. The lowest BCUT2D eigenvalue weighted by Crippen LogP contribution is -2.48. The van der Waals surface area contributed by atoms with Gasteiger partial charge in [-0.15, -0.1) is 12.4 Å². The highest BCUT2D eigenvalue weighted by Crippen LogP contribution is 2.31. The lowest BCUT2D eigenvalue weighted by molar-refractivity contribution is -0.124. The molecule has 0 radical (unpaired) electrons. The molecule has 1 aliphatic heterocycles. The molecular weight excluding hydrogens is 314 g/mol. The Morgan fingerprint density at radius 3 is 2.57 bits per heavy atom. The van der Waals surface area contributed by atoms with Gasteiger partial charge in [-0.3, -0.25) is 9.59 Å². The SMILES string of the molecule is Cl.NC(CNC(=O)C1CCCN1C(=O)c1ccccc1)C1CC1. The number of hydrogen-bond acceptors (Lipinski definition) is 3. The zero-order valence-electron chi connectivity index (χ0n) is 13.1. The first-order chi connectivity index (χ1) is 10.7. The van der Waals surface area contributed by atoms with Gasteiger partial charge in [-0.25, -0.2) is 0 Å². The van der Waals surface area contributed by atoms with E-state index in [2.05, 4.69) is 5.32 Å². The quantitative estimate of drug-likeness (QED) is 0.856. The van der Waals surface area contributed by atoms with Crippen molar-refractivity contribution in [2.75, 3.05) is 13.1 Å². The number of nitrogens with one attached hydrogen (secondary N) is 1. The Labute approximate surface area is 143 Å². The molecule has 1 aliphatic carbocycles. The molecule has 0 bridgehead atoms. The second kappa shape index (κ2) is 7.79. The first-order valence-electron chi connectivity index (χ1n) is 8.06. The van der Waals surface area contributed by atoms with Crippen LogP contribution in [0.2, 0.25) is 0 Å². The van der Waals surface area contributed by atoms with E-state index in [1.54, 1.807) is 17.0 Å². The molecule has 0 spiro atoms. The lowest BCUT2D eigenvalue weighted by atomic mass is 10.1. The number of benzene rings is 1. The molecule has 126 valence electrons. The third-order valence-corrected chi connectivity index (χ3v) is 4.58. The molecule has 2 aliphatic rings. The van der Waals surface area contributed by atoms with Crippen LogP contribution in [0, 0.1) is 5.92 Å². The van der Waals surface area contributed by atoms with Gasteiger partial charge in [0.05, 0.1) is 0 Å². The molecule has 2 amide bonds. The fourth-order valence-electron chi connectivity index (χ4n) is 3.06. The number of hydrogen-bond donors (Lipinski definition) is 2. The van der Waals surface area contributed by atoms with Crippen molar-refractivity contribution in [1.82, 2.24) is 10.2 Å². The van der Waals surface area contributed by atoms with Crippen LogP contribution < -0.4 is 11.1 Å². The molecule has 5 nitrogen and oxygen atoms in total. The number of nitrogens with zero attached hydrogens (tertiary/aromatic N) is 1. The molecule has 1 heterocycles. The number of carbonyl (C=O) groups is 2. The highest BCUT2D eigenvalue weighted by atomic mass is 35.5. The zero-order chi connectivity index (χ0) is 15.5. The molecular formula is C17H24ClN3O2. The molecule has 6 heteroatoms. The van der Waals surface area contributed by atoms with Gasteiger partial charge in [-0.05, 0) is 43.7 Å². The van der Waals surface area contributed by atoms with Gasteiger partial charge in [0.1, 0.15) is 6.04 Å². The number of amides is 2. The second-order valence-corrected chi connectivity index (χ2v) is 6.27. The Morgan fingerprint density at radius 2 is 1.91 bits per heavy atom. The Kier molecular flexibility index (Phi) is 6.02. The molecule has 1 aromatic carbocycles. The van der Waals surface area contributed by atoms with E-state index < -0.39 is 0 Å². The van der Waals surface area contributed by atoms with Gasteiger partial charge < -0.3 is 16.0 Å². The maximum Gasteiger partial charge on any atom is 0.254 e. The number of nitrogens with two attached hydrogens (primary N) is 1. The molecule has 3 rings (SSSR count). The fraction of sp³-hybridized carbons (Fsp3) is 0.529. The van der Waals surface area contributed by atoms with Crippen molar-refractivity contribution in [2.24, 2.45) is 11.7 Å². The molecule has 2 fully saturated rings. The molecule has 1 saturated heterocycles. The van der Waals surface area contributed by atoms with Crippen LogP contribution in [-0.4, -0.2) is 41.9 Å². The molecule has 2 unspecified atom stereocenters. The van der Waals surface area contributed by atoms with Gasteiger partial charge in [-0.2, -0.15) is 0 Å². The van der Waals surface area contributed by atoms with E-state index in [0.717, 1.165) is 12.8 Å². The first kappa shape index (κ1) is 17.8. The summed E-state index contributed by atoms with van der Waals surface area (Å²) in [6, 6.07) is 8.82. The Morgan fingerprint density at radius 1 is 1.22 bits per heavy atom. The van der Waals surface area contributed by atoms with Crippen molar-refractivity contribution >= 4 is 24.2 Å².